The molecule has 0 saturated heterocycles. The third-order valence-corrected chi connectivity index (χ3v) is 4.74. The number of thiophene rings is 1. The lowest BCUT2D eigenvalue weighted by atomic mass is 10.1. The second-order valence-electron chi connectivity index (χ2n) is 5.50. The summed E-state index contributed by atoms with van der Waals surface area (Å²) in [4.78, 5) is 12.7. The van der Waals surface area contributed by atoms with E-state index < -0.39 is 0 Å². The molecule has 0 spiro atoms. The first kappa shape index (κ1) is 14.0. The monoisotopic (exact) mass is 321 g/mol. The molecular formula is C18H15N3OS. The van der Waals surface area contributed by atoms with Gasteiger partial charge in [0.05, 0.1) is 22.3 Å². The highest BCUT2D eigenvalue weighted by molar-refractivity contribution is 7.08. The van der Waals surface area contributed by atoms with Gasteiger partial charge in [-0.25, -0.2) is 4.52 Å². The number of aromatic nitrogens is 3. The first-order chi connectivity index (χ1) is 11.2. The highest BCUT2D eigenvalue weighted by Gasteiger charge is 2.20. The summed E-state index contributed by atoms with van der Waals surface area (Å²) in [6.45, 7) is 1.88. The fraction of sp³-hybridized carbons (Fsp3) is 0.111. The fourth-order valence-corrected chi connectivity index (χ4v) is 3.58. The molecule has 0 aliphatic heterocycles. The van der Waals surface area contributed by atoms with Gasteiger partial charge in [0.15, 0.2) is 5.78 Å². The van der Waals surface area contributed by atoms with Crippen molar-refractivity contribution >= 4 is 39.9 Å². The largest absolute Gasteiger partial charge is 0.327 e. The molecule has 0 fully saturated rings. The molecule has 0 N–H and O–H groups in total. The van der Waals surface area contributed by atoms with E-state index in [9.17, 15) is 4.79 Å². The molecule has 4 nitrogen and oxygen atoms in total. The Hall–Kier alpha value is -2.66. The topological polar surface area (TPSA) is 39.3 Å². The average molecular weight is 321 g/mol. The Morgan fingerprint density at radius 2 is 2.00 bits per heavy atom. The lowest BCUT2D eigenvalue weighted by molar-refractivity contribution is 0.104. The number of allylic oxidation sites excluding steroid dienone is 1. The number of rotatable bonds is 3. The minimum absolute atomic E-state index is 0.0189. The zero-order valence-corrected chi connectivity index (χ0v) is 13.7. The van der Waals surface area contributed by atoms with E-state index in [1.165, 1.54) is 0 Å². The van der Waals surface area contributed by atoms with E-state index in [2.05, 4.69) is 5.10 Å². The van der Waals surface area contributed by atoms with Gasteiger partial charge in [0.1, 0.15) is 5.65 Å². The third-order valence-electron chi connectivity index (χ3n) is 4.04. The number of para-hydroxylation sites is 2. The molecule has 23 heavy (non-hydrogen) atoms. The van der Waals surface area contributed by atoms with E-state index in [0.29, 0.717) is 5.56 Å². The number of nitrogens with zero attached hydrogens (tertiary/aromatic N) is 3. The van der Waals surface area contributed by atoms with Gasteiger partial charge in [0, 0.05) is 7.05 Å². The van der Waals surface area contributed by atoms with Gasteiger partial charge in [0.2, 0.25) is 0 Å². The zero-order chi connectivity index (χ0) is 16.0. The summed E-state index contributed by atoms with van der Waals surface area (Å²) >= 11 is 1.62. The predicted octanol–water partition coefficient (Wildman–Crippen LogP) is 4.09. The Kier molecular flexibility index (Phi) is 3.16. The van der Waals surface area contributed by atoms with Crippen molar-refractivity contribution in [3.63, 3.8) is 0 Å². The van der Waals surface area contributed by atoms with Gasteiger partial charge in [-0.2, -0.15) is 16.4 Å². The highest BCUT2D eigenvalue weighted by atomic mass is 32.1. The lowest BCUT2D eigenvalue weighted by Gasteiger charge is -1.98. The molecule has 5 heteroatoms. The van der Waals surface area contributed by atoms with Crippen LogP contribution in [-0.2, 0) is 7.05 Å². The maximum atomic E-state index is 12.7. The highest BCUT2D eigenvalue weighted by Crippen LogP contribution is 2.25. The second-order valence-corrected chi connectivity index (χ2v) is 6.28. The minimum Gasteiger partial charge on any atom is -0.327 e. The molecule has 3 aromatic heterocycles. The summed E-state index contributed by atoms with van der Waals surface area (Å²) in [5.74, 6) is -0.0189. The van der Waals surface area contributed by atoms with E-state index in [0.717, 1.165) is 27.9 Å². The van der Waals surface area contributed by atoms with Crippen LogP contribution in [0.1, 0.15) is 21.6 Å². The summed E-state index contributed by atoms with van der Waals surface area (Å²) in [7, 11) is 1.97. The van der Waals surface area contributed by atoms with E-state index in [1.807, 2.05) is 70.2 Å². The summed E-state index contributed by atoms with van der Waals surface area (Å²) in [5, 5.41) is 8.58. The standard InChI is InChI=1S/C18H15N3OS/c1-12-17(16(22)8-7-13-9-10-23-11-13)18-20(2)14-5-3-4-6-15(14)21(18)19-12/h3-11H,1-2H3. The number of fused-ring (bicyclic) bond motifs is 3. The van der Waals surface area contributed by atoms with Crippen molar-refractivity contribution in [1.29, 1.82) is 0 Å². The summed E-state index contributed by atoms with van der Waals surface area (Å²) < 4.78 is 3.89. The normalized spacial score (nSPS) is 11.9. The van der Waals surface area contributed by atoms with Gasteiger partial charge in [-0.05, 0) is 47.5 Å². The molecule has 4 rings (SSSR count). The van der Waals surface area contributed by atoms with E-state index in [1.54, 1.807) is 17.4 Å². The smallest absolute Gasteiger partial charge is 0.191 e. The van der Waals surface area contributed by atoms with Gasteiger partial charge < -0.3 is 4.57 Å². The first-order valence-electron chi connectivity index (χ1n) is 7.34. The molecule has 0 amide bonds. The maximum Gasteiger partial charge on any atom is 0.191 e. The SMILES string of the molecule is Cc1nn2c3ccccc3n(C)c2c1C(=O)C=Cc1ccsc1. The Labute approximate surface area is 137 Å². The maximum absolute atomic E-state index is 12.7. The molecule has 114 valence electrons. The van der Waals surface area contributed by atoms with Crippen molar-refractivity contribution in [1.82, 2.24) is 14.2 Å². The number of aryl methyl sites for hydroxylation is 2. The number of ketones is 1. The van der Waals surface area contributed by atoms with E-state index in [4.69, 9.17) is 0 Å². The van der Waals surface area contributed by atoms with Crippen LogP contribution in [0.5, 0.6) is 0 Å². The molecule has 4 aromatic rings. The second kappa shape index (κ2) is 5.21. The van der Waals surface area contributed by atoms with Crippen molar-refractivity contribution in [2.24, 2.45) is 7.05 Å². The number of imidazole rings is 1. The molecule has 1 aromatic carbocycles. The van der Waals surface area contributed by atoms with Crippen LogP contribution in [0, 0.1) is 6.92 Å². The van der Waals surface area contributed by atoms with Crippen LogP contribution in [0.25, 0.3) is 22.8 Å². The van der Waals surface area contributed by atoms with E-state index >= 15 is 0 Å². The quantitative estimate of drug-likeness (QED) is 0.421. The molecule has 0 saturated carbocycles. The summed E-state index contributed by atoms with van der Waals surface area (Å²) in [6.07, 6.45) is 3.48. The molecule has 0 bridgehead atoms. The summed E-state index contributed by atoms with van der Waals surface area (Å²) in [5.41, 5.74) is 5.36. The minimum atomic E-state index is -0.0189. The Bertz CT molecular complexity index is 1050. The van der Waals surface area contributed by atoms with Crippen LogP contribution >= 0.6 is 11.3 Å². The van der Waals surface area contributed by atoms with Crippen molar-refractivity contribution < 1.29 is 4.79 Å². The molecule has 0 aliphatic carbocycles. The molecule has 0 radical (unpaired) electrons. The zero-order valence-electron chi connectivity index (χ0n) is 12.9. The number of hydrogen-bond donors (Lipinski definition) is 0. The van der Waals surface area contributed by atoms with Gasteiger partial charge in [-0.3, -0.25) is 4.79 Å². The van der Waals surface area contributed by atoms with Crippen LogP contribution in [-0.4, -0.2) is 20.0 Å². The lowest BCUT2D eigenvalue weighted by Crippen LogP contribution is -1.99. The van der Waals surface area contributed by atoms with Crippen LogP contribution in [0.2, 0.25) is 0 Å². The predicted molar refractivity (Wildman–Crippen MR) is 94.1 cm³/mol. The van der Waals surface area contributed by atoms with E-state index in [-0.39, 0.29) is 5.78 Å². The van der Waals surface area contributed by atoms with Gasteiger partial charge in [-0.15, -0.1) is 0 Å². The molecule has 0 aliphatic rings. The van der Waals surface area contributed by atoms with Crippen LogP contribution in [0.15, 0.2) is 47.2 Å². The van der Waals surface area contributed by atoms with Gasteiger partial charge in [-0.1, -0.05) is 18.2 Å². The molecule has 0 unspecified atom stereocenters. The van der Waals surface area contributed by atoms with Crippen molar-refractivity contribution in [3.05, 3.63) is 64.0 Å². The van der Waals surface area contributed by atoms with Crippen molar-refractivity contribution in [2.45, 2.75) is 6.92 Å². The van der Waals surface area contributed by atoms with Crippen LogP contribution in [0.4, 0.5) is 0 Å². The van der Waals surface area contributed by atoms with Crippen LogP contribution in [0.3, 0.4) is 0 Å². The van der Waals surface area contributed by atoms with Crippen LogP contribution < -0.4 is 0 Å². The number of carbonyl (C=O) groups excluding carboxylic acids is 1. The fourth-order valence-electron chi connectivity index (χ4n) is 2.95. The Morgan fingerprint density at radius 3 is 2.74 bits per heavy atom. The van der Waals surface area contributed by atoms with Crippen molar-refractivity contribution in [3.8, 4) is 0 Å². The Morgan fingerprint density at radius 1 is 1.22 bits per heavy atom. The average Bonchev–Trinajstić information content (AvgIpc) is 3.24. The Balaban J connectivity index is 1.89. The number of benzene rings is 1. The molecule has 3 heterocycles. The molecule has 0 atom stereocenters. The number of hydrogen-bond acceptors (Lipinski definition) is 3. The number of carbonyl (C=O) groups is 1. The summed E-state index contributed by atoms with van der Waals surface area (Å²) in [6, 6.07) is 10.0. The van der Waals surface area contributed by atoms with Crippen molar-refractivity contribution in [2.75, 3.05) is 0 Å². The molecular weight excluding hydrogens is 306 g/mol. The third kappa shape index (κ3) is 2.12. The van der Waals surface area contributed by atoms with Gasteiger partial charge in [0.25, 0.3) is 0 Å². The first-order valence-corrected chi connectivity index (χ1v) is 8.28. The van der Waals surface area contributed by atoms with Gasteiger partial charge >= 0.3 is 0 Å².